The summed E-state index contributed by atoms with van der Waals surface area (Å²) in [7, 11) is 0. The molecule has 114 valence electrons. The van der Waals surface area contributed by atoms with Gasteiger partial charge in [0.05, 0.1) is 0 Å². The zero-order valence-electron chi connectivity index (χ0n) is 12.3. The van der Waals surface area contributed by atoms with E-state index >= 15 is 0 Å². The van der Waals surface area contributed by atoms with Gasteiger partial charge in [-0.25, -0.2) is 4.79 Å². The molecule has 21 heavy (non-hydrogen) atoms. The van der Waals surface area contributed by atoms with E-state index in [0.717, 1.165) is 18.4 Å². The average Bonchev–Trinajstić information content (AvgIpc) is 2.44. The van der Waals surface area contributed by atoms with Crippen LogP contribution in [-0.4, -0.2) is 24.5 Å². The highest BCUT2D eigenvalue weighted by Crippen LogP contribution is 2.10. The molecule has 1 atom stereocenters. The largest absolute Gasteiger partial charge is 0.452 e. The van der Waals surface area contributed by atoms with Crippen LogP contribution in [0.1, 0.15) is 32.3 Å². The van der Waals surface area contributed by atoms with Crippen molar-refractivity contribution >= 4 is 29.6 Å². The van der Waals surface area contributed by atoms with Crippen LogP contribution in [0.15, 0.2) is 30.3 Å². The second kappa shape index (κ2) is 9.19. The molecule has 0 unspecified atom stereocenters. The number of hydrogen-bond donors (Lipinski definition) is 1. The maximum Gasteiger partial charge on any atom is 0.331 e. The Morgan fingerprint density at radius 2 is 2.00 bits per heavy atom. The molecule has 5 heteroatoms. The minimum atomic E-state index is -0.553. The first kappa shape index (κ1) is 17.2. The van der Waals surface area contributed by atoms with E-state index < -0.39 is 5.97 Å². The van der Waals surface area contributed by atoms with Crippen LogP contribution in [0.2, 0.25) is 5.02 Å². The van der Waals surface area contributed by atoms with Crippen LogP contribution in [0.3, 0.4) is 0 Å². The van der Waals surface area contributed by atoms with Gasteiger partial charge in [-0.05, 0) is 37.1 Å². The quantitative estimate of drug-likeness (QED) is 0.621. The Kier molecular flexibility index (Phi) is 7.54. The Hall–Kier alpha value is -1.81. The molecule has 1 N–H and O–H groups in total. The van der Waals surface area contributed by atoms with Gasteiger partial charge in [0.25, 0.3) is 5.91 Å². The molecule has 0 saturated carbocycles. The molecule has 0 aliphatic heterocycles. The number of esters is 1. The van der Waals surface area contributed by atoms with Crippen molar-refractivity contribution in [1.82, 2.24) is 5.32 Å². The van der Waals surface area contributed by atoms with E-state index in [1.807, 2.05) is 13.8 Å². The summed E-state index contributed by atoms with van der Waals surface area (Å²) in [5, 5.41) is 3.39. The van der Waals surface area contributed by atoms with Crippen molar-refractivity contribution in [2.45, 2.75) is 32.7 Å². The number of benzene rings is 1. The topological polar surface area (TPSA) is 55.4 Å². The van der Waals surface area contributed by atoms with Crippen LogP contribution >= 0.6 is 11.6 Å². The maximum atomic E-state index is 11.5. The summed E-state index contributed by atoms with van der Waals surface area (Å²) in [6, 6.07) is 7.12. The molecule has 0 aliphatic rings. The van der Waals surface area contributed by atoms with E-state index in [2.05, 4.69) is 5.32 Å². The van der Waals surface area contributed by atoms with Gasteiger partial charge < -0.3 is 10.1 Å². The predicted molar refractivity (Wildman–Crippen MR) is 84.0 cm³/mol. The first-order valence-corrected chi connectivity index (χ1v) is 7.28. The standard InChI is InChI=1S/C16H20ClNO3/c1-3-4-12(2)18-15(19)11-21-16(20)10-7-13-5-8-14(17)9-6-13/h5-10,12H,3-4,11H2,1-2H3,(H,18,19)/b10-7+/t12-/m0/s1. The van der Waals surface area contributed by atoms with E-state index in [-0.39, 0.29) is 18.6 Å². The van der Waals surface area contributed by atoms with Crippen LogP contribution in [-0.2, 0) is 14.3 Å². The number of ether oxygens (including phenoxy) is 1. The third-order valence-electron chi connectivity index (χ3n) is 2.76. The third-order valence-corrected chi connectivity index (χ3v) is 3.01. The first-order valence-electron chi connectivity index (χ1n) is 6.91. The van der Waals surface area contributed by atoms with E-state index in [1.165, 1.54) is 6.08 Å². The van der Waals surface area contributed by atoms with Gasteiger partial charge in [0.2, 0.25) is 0 Å². The summed E-state index contributed by atoms with van der Waals surface area (Å²) in [5.41, 5.74) is 0.831. The number of amides is 1. The molecule has 0 aromatic heterocycles. The molecular formula is C16H20ClNO3. The highest BCUT2D eigenvalue weighted by molar-refractivity contribution is 6.30. The molecule has 0 heterocycles. The van der Waals surface area contributed by atoms with Gasteiger partial charge >= 0.3 is 5.97 Å². The van der Waals surface area contributed by atoms with E-state index in [0.29, 0.717) is 5.02 Å². The van der Waals surface area contributed by atoms with Gasteiger partial charge in [-0.3, -0.25) is 4.79 Å². The van der Waals surface area contributed by atoms with Crippen molar-refractivity contribution in [3.8, 4) is 0 Å². The Morgan fingerprint density at radius 3 is 2.62 bits per heavy atom. The predicted octanol–water partition coefficient (Wildman–Crippen LogP) is 3.20. The second-order valence-corrected chi connectivity index (χ2v) is 5.19. The van der Waals surface area contributed by atoms with Gasteiger partial charge in [-0.1, -0.05) is 37.1 Å². The molecule has 0 fully saturated rings. The van der Waals surface area contributed by atoms with E-state index in [1.54, 1.807) is 30.3 Å². The minimum absolute atomic E-state index is 0.0887. The Bertz CT molecular complexity index is 497. The summed E-state index contributed by atoms with van der Waals surface area (Å²) in [4.78, 5) is 23.0. The molecule has 0 spiro atoms. The van der Waals surface area contributed by atoms with Gasteiger partial charge in [0, 0.05) is 17.1 Å². The fourth-order valence-corrected chi connectivity index (χ4v) is 1.87. The highest BCUT2D eigenvalue weighted by Gasteiger charge is 2.08. The van der Waals surface area contributed by atoms with Crippen molar-refractivity contribution in [2.24, 2.45) is 0 Å². The summed E-state index contributed by atoms with van der Waals surface area (Å²) < 4.78 is 4.86. The number of halogens is 1. The zero-order chi connectivity index (χ0) is 15.7. The molecule has 0 aliphatic carbocycles. The fourth-order valence-electron chi connectivity index (χ4n) is 1.74. The van der Waals surface area contributed by atoms with Crippen LogP contribution in [0, 0.1) is 0 Å². The van der Waals surface area contributed by atoms with Gasteiger partial charge in [0.1, 0.15) is 0 Å². The van der Waals surface area contributed by atoms with Crippen LogP contribution in [0.25, 0.3) is 6.08 Å². The Morgan fingerprint density at radius 1 is 1.33 bits per heavy atom. The summed E-state index contributed by atoms with van der Waals surface area (Å²) in [6.07, 6.45) is 4.78. The molecule has 0 radical (unpaired) electrons. The molecule has 4 nitrogen and oxygen atoms in total. The minimum Gasteiger partial charge on any atom is -0.452 e. The Balaban J connectivity index is 2.33. The molecule has 0 bridgehead atoms. The maximum absolute atomic E-state index is 11.5. The molecule has 1 aromatic carbocycles. The fraction of sp³-hybridized carbons (Fsp3) is 0.375. The number of hydrogen-bond acceptors (Lipinski definition) is 3. The van der Waals surface area contributed by atoms with Crippen molar-refractivity contribution in [3.63, 3.8) is 0 Å². The van der Waals surface area contributed by atoms with Crippen molar-refractivity contribution < 1.29 is 14.3 Å². The number of carbonyl (C=O) groups excluding carboxylic acids is 2. The average molecular weight is 310 g/mol. The van der Waals surface area contributed by atoms with Gasteiger partial charge in [-0.2, -0.15) is 0 Å². The summed E-state index contributed by atoms with van der Waals surface area (Å²) in [5.74, 6) is -0.840. The van der Waals surface area contributed by atoms with Crippen LogP contribution in [0.5, 0.6) is 0 Å². The lowest BCUT2D eigenvalue weighted by atomic mass is 10.2. The molecule has 0 saturated heterocycles. The molecule has 1 aromatic rings. The normalized spacial score (nSPS) is 12.1. The monoisotopic (exact) mass is 309 g/mol. The lowest BCUT2D eigenvalue weighted by Crippen LogP contribution is -2.35. The molecule has 1 amide bonds. The van der Waals surface area contributed by atoms with E-state index in [9.17, 15) is 9.59 Å². The van der Waals surface area contributed by atoms with E-state index in [4.69, 9.17) is 16.3 Å². The SMILES string of the molecule is CCC[C@H](C)NC(=O)COC(=O)/C=C/c1ccc(Cl)cc1. The Labute approximate surface area is 130 Å². The lowest BCUT2D eigenvalue weighted by Gasteiger charge is -2.12. The van der Waals surface area contributed by atoms with Crippen molar-refractivity contribution in [1.29, 1.82) is 0 Å². The number of carbonyl (C=O) groups is 2. The van der Waals surface area contributed by atoms with Gasteiger partial charge in [-0.15, -0.1) is 0 Å². The zero-order valence-corrected chi connectivity index (χ0v) is 13.0. The smallest absolute Gasteiger partial charge is 0.331 e. The van der Waals surface area contributed by atoms with Crippen LogP contribution < -0.4 is 5.32 Å². The molecule has 1 rings (SSSR count). The molecular weight excluding hydrogens is 290 g/mol. The lowest BCUT2D eigenvalue weighted by molar-refractivity contribution is -0.144. The van der Waals surface area contributed by atoms with Crippen molar-refractivity contribution in [2.75, 3.05) is 6.61 Å². The van der Waals surface area contributed by atoms with Crippen LogP contribution in [0.4, 0.5) is 0 Å². The number of nitrogens with one attached hydrogen (secondary N) is 1. The number of rotatable bonds is 7. The van der Waals surface area contributed by atoms with Gasteiger partial charge in [0.15, 0.2) is 6.61 Å². The summed E-state index contributed by atoms with van der Waals surface area (Å²) >= 11 is 5.76. The first-order chi connectivity index (χ1) is 10.0. The summed E-state index contributed by atoms with van der Waals surface area (Å²) in [6.45, 7) is 3.70. The van der Waals surface area contributed by atoms with Crippen molar-refractivity contribution in [3.05, 3.63) is 40.9 Å². The third kappa shape index (κ3) is 7.51. The second-order valence-electron chi connectivity index (χ2n) is 4.75. The highest BCUT2D eigenvalue weighted by atomic mass is 35.5.